The third kappa shape index (κ3) is 3.52. The predicted molar refractivity (Wildman–Crippen MR) is 102 cm³/mol. The molecule has 0 aliphatic heterocycles. The van der Waals surface area contributed by atoms with Crippen molar-refractivity contribution in [2.24, 2.45) is 0 Å². The summed E-state index contributed by atoms with van der Waals surface area (Å²) >= 11 is 0. The van der Waals surface area contributed by atoms with Crippen molar-refractivity contribution in [1.29, 1.82) is 0 Å². The van der Waals surface area contributed by atoms with Gasteiger partial charge >= 0.3 is 0 Å². The van der Waals surface area contributed by atoms with Crippen molar-refractivity contribution in [2.75, 3.05) is 6.54 Å². The van der Waals surface area contributed by atoms with E-state index in [0.29, 0.717) is 18.7 Å². The van der Waals surface area contributed by atoms with Gasteiger partial charge in [0, 0.05) is 48.1 Å². The molecular formula is C21H20N4O. The molecule has 5 heteroatoms. The first-order chi connectivity index (χ1) is 12.8. The Hall–Kier alpha value is -3.34. The second-order valence-corrected chi connectivity index (χ2v) is 6.30. The van der Waals surface area contributed by atoms with Crippen LogP contribution in [0.25, 0.3) is 10.9 Å². The summed E-state index contributed by atoms with van der Waals surface area (Å²) in [7, 11) is 0. The van der Waals surface area contributed by atoms with E-state index in [-0.39, 0.29) is 5.91 Å². The summed E-state index contributed by atoms with van der Waals surface area (Å²) in [5.41, 5.74) is 4.10. The SMILES string of the molecule is O=C(NCCc1c[nH]c2ccccc12)c1cccc(Cn2ccnc2)c1. The van der Waals surface area contributed by atoms with Crippen LogP contribution in [-0.2, 0) is 13.0 Å². The molecule has 0 aliphatic carbocycles. The second kappa shape index (κ2) is 7.27. The van der Waals surface area contributed by atoms with Crippen molar-refractivity contribution >= 4 is 16.8 Å². The van der Waals surface area contributed by atoms with Gasteiger partial charge in [0.2, 0.25) is 0 Å². The number of hydrogen-bond donors (Lipinski definition) is 2. The minimum atomic E-state index is -0.0441. The summed E-state index contributed by atoms with van der Waals surface area (Å²) in [6.45, 7) is 1.31. The van der Waals surface area contributed by atoms with E-state index in [9.17, 15) is 4.79 Å². The molecule has 1 amide bonds. The number of amides is 1. The first-order valence-corrected chi connectivity index (χ1v) is 8.67. The number of para-hydroxylation sites is 1. The maximum absolute atomic E-state index is 12.5. The molecule has 5 nitrogen and oxygen atoms in total. The summed E-state index contributed by atoms with van der Waals surface area (Å²) in [5.74, 6) is -0.0441. The van der Waals surface area contributed by atoms with Gasteiger partial charge in [-0.05, 0) is 35.7 Å². The molecule has 130 valence electrons. The average molecular weight is 344 g/mol. The molecule has 2 aromatic carbocycles. The number of fused-ring (bicyclic) bond motifs is 1. The Morgan fingerprint density at radius 2 is 2.08 bits per heavy atom. The fraction of sp³-hybridized carbons (Fsp3) is 0.143. The topological polar surface area (TPSA) is 62.7 Å². The average Bonchev–Trinajstić information content (AvgIpc) is 3.32. The van der Waals surface area contributed by atoms with Crippen LogP contribution in [0.2, 0.25) is 0 Å². The van der Waals surface area contributed by atoms with Crippen LogP contribution in [0.15, 0.2) is 73.4 Å². The van der Waals surface area contributed by atoms with E-state index in [1.807, 2.05) is 53.4 Å². The van der Waals surface area contributed by atoms with Crippen LogP contribution >= 0.6 is 0 Å². The van der Waals surface area contributed by atoms with Crippen molar-refractivity contribution < 1.29 is 4.79 Å². The fourth-order valence-corrected chi connectivity index (χ4v) is 3.15. The number of imidazole rings is 1. The number of aromatic amines is 1. The van der Waals surface area contributed by atoms with Gasteiger partial charge in [-0.2, -0.15) is 0 Å². The minimum Gasteiger partial charge on any atom is -0.361 e. The van der Waals surface area contributed by atoms with Crippen LogP contribution in [0.3, 0.4) is 0 Å². The van der Waals surface area contributed by atoms with Crippen LogP contribution in [-0.4, -0.2) is 27.0 Å². The lowest BCUT2D eigenvalue weighted by atomic mass is 10.1. The van der Waals surface area contributed by atoms with Crippen LogP contribution in [0, 0.1) is 0 Å². The normalized spacial score (nSPS) is 10.9. The summed E-state index contributed by atoms with van der Waals surface area (Å²) in [6.07, 6.45) is 8.25. The highest BCUT2D eigenvalue weighted by molar-refractivity contribution is 5.94. The molecule has 0 atom stereocenters. The minimum absolute atomic E-state index is 0.0441. The second-order valence-electron chi connectivity index (χ2n) is 6.30. The summed E-state index contributed by atoms with van der Waals surface area (Å²) < 4.78 is 1.98. The lowest BCUT2D eigenvalue weighted by molar-refractivity contribution is 0.0954. The maximum Gasteiger partial charge on any atom is 0.251 e. The number of H-pyrrole nitrogens is 1. The maximum atomic E-state index is 12.5. The molecule has 0 saturated heterocycles. The lowest BCUT2D eigenvalue weighted by Gasteiger charge is -2.07. The van der Waals surface area contributed by atoms with Gasteiger partial charge in [-0.25, -0.2) is 4.98 Å². The molecule has 0 bridgehead atoms. The van der Waals surface area contributed by atoms with Gasteiger partial charge in [0.25, 0.3) is 5.91 Å². The molecule has 4 aromatic rings. The Morgan fingerprint density at radius 3 is 2.96 bits per heavy atom. The van der Waals surface area contributed by atoms with Gasteiger partial charge in [-0.3, -0.25) is 4.79 Å². The molecule has 2 heterocycles. The van der Waals surface area contributed by atoms with E-state index in [0.717, 1.165) is 17.5 Å². The number of carbonyl (C=O) groups excluding carboxylic acids is 1. The number of benzene rings is 2. The molecule has 26 heavy (non-hydrogen) atoms. The van der Waals surface area contributed by atoms with Crippen LogP contribution in [0.5, 0.6) is 0 Å². The molecule has 0 fully saturated rings. The monoisotopic (exact) mass is 344 g/mol. The van der Waals surface area contributed by atoms with E-state index in [2.05, 4.69) is 27.4 Å². The van der Waals surface area contributed by atoms with Crippen LogP contribution in [0.1, 0.15) is 21.5 Å². The zero-order valence-corrected chi connectivity index (χ0v) is 14.4. The highest BCUT2D eigenvalue weighted by Gasteiger charge is 2.08. The van der Waals surface area contributed by atoms with Crippen molar-refractivity contribution in [2.45, 2.75) is 13.0 Å². The summed E-state index contributed by atoms with van der Waals surface area (Å²) in [6, 6.07) is 15.9. The molecule has 0 radical (unpaired) electrons. The van der Waals surface area contributed by atoms with E-state index in [1.54, 1.807) is 12.5 Å². The Balaban J connectivity index is 1.37. The van der Waals surface area contributed by atoms with Crippen molar-refractivity contribution in [1.82, 2.24) is 19.9 Å². The first kappa shape index (κ1) is 16.1. The largest absolute Gasteiger partial charge is 0.361 e. The van der Waals surface area contributed by atoms with Gasteiger partial charge in [0.15, 0.2) is 0 Å². The standard InChI is InChI=1S/C21H20N4O/c26-21(17-5-3-4-16(12-17)14-25-11-10-22-15-25)23-9-8-18-13-24-20-7-2-1-6-19(18)20/h1-7,10-13,15,24H,8-9,14H2,(H,23,26). The lowest BCUT2D eigenvalue weighted by Crippen LogP contribution is -2.25. The molecule has 0 spiro atoms. The molecule has 0 aliphatic rings. The van der Waals surface area contributed by atoms with Gasteiger partial charge in [-0.15, -0.1) is 0 Å². The van der Waals surface area contributed by atoms with Crippen LogP contribution < -0.4 is 5.32 Å². The smallest absolute Gasteiger partial charge is 0.251 e. The Labute approximate surface area is 151 Å². The number of rotatable bonds is 6. The molecular weight excluding hydrogens is 324 g/mol. The van der Waals surface area contributed by atoms with Gasteiger partial charge in [-0.1, -0.05) is 30.3 Å². The van der Waals surface area contributed by atoms with E-state index < -0.39 is 0 Å². The van der Waals surface area contributed by atoms with E-state index in [4.69, 9.17) is 0 Å². The van der Waals surface area contributed by atoms with Crippen LogP contribution in [0.4, 0.5) is 0 Å². The van der Waals surface area contributed by atoms with Gasteiger partial charge in [0.1, 0.15) is 0 Å². The highest BCUT2D eigenvalue weighted by atomic mass is 16.1. The first-order valence-electron chi connectivity index (χ1n) is 8.67. The Kier molecular flexibility index (Phi) is 4.51. The Bertz CT molecular complexity index is 1020. The quantitative estimate of drug-likeness (QED) is 0.563. The van der Waals surface area contributed by atoms with E-state index >= 15 is 0 Å². The molecule has 0 saturated carbocycles. The number of aromatic nitrogens is 3. The third-order valence-corrected chi connectivity index (χ3v) is 4.47. The molecule has 4 rings (SSSR count). The summed E-state index contributed by atoms with van der Waals surface area (Å²) in [4.78, 5) is 19.8. The van der Waals surface area contributed by atoms with Crippen molar-refractivity contribution in [3.63, 3.8) is 0 Å². The highest BCUT2D eigenvalue weighted by Crippen LogP contribution is 2.17. The number of carbonyl (C=O) groups is 1. The zero-order chi connectivity index (χ0) is 17.8. The molecule has 2 aromatic heterocycles. The predicted octanol–water partition coefficient (Wildman–Crippen LogP) is 3.39. The van der Waals surface area contributed by atoms with Gasteiger partial charge < -0.3 is 14.9 Å². The number of nitrogens with zero attached hydrogens (tertiary/aromatic N) is 2. The number of hydrogen-bond acceptors (Lipinski definition) is 2. The van der Waals surface area contributed by atoms with E-state index in [1.165, 1.54) is 10.9 Å². The summed E-state index contributed by atoms with van der Waals surface area (Å²) in [5, 5.41) is 4.23. The Morgan fingerprint density at radius 1 is 1.15 bits per heavy atom. The zero-order valence-electron chi connectivity index (χ0n) is 14.4. The number of nitrogens with one attached hydrogen (secondary N) is 2. The third-order valence-electron chi connectivity index (χ3n) is 4.47. The van der Waals surface area contributed by atoms with Crippen molar-refractivity contribution in [3.8, 4) is 0 Å². The molecule has 0 unspecified atom stereocenters. The van der Waals surface area contributed by atoms with Crippen molar-refractivity contribution in [3.05, 3.63) is 90.1 Å². The fourth-order valence-electron chi connectivity index (χ4n) is 3.15. The van der Waals surface area contributed by atoms with Gasteiger partial charge in [0.05, 0.1) is 6.33 Å². The molecule has 2 N–H and O–H groups in total.